The topological polar surface area (TPSA) is 45.0 Å². The molecule has 1 aliphatic heterocycles. The van der Waals surface area contributed by atoms with Crippen molar-refractivity contribution in [2.75, 3.05) is 20.1 Å². The molecule has 0 spiro atoms. The third-order valence-corrected chi connectivity index (χ3v) is 3.90. The zero-order chi connectivity index (χ0) is 12.0. The molecule has 3 heteroatoms. The molecule has 1 unspecified atom stereocenters. The highest BCUT2D eigenvalue weighted by Gasteiger charge is 2.26. The van der Waals surface area contributed by atoms with E-state index in [1.54, 1.807) is 0 Å². The summed E-state index contributed by atoms with van der Waals surface area (Å²) in [7, 11) is 2.15. The average Bonchev–Trinajstić information content (AvgIpc) is 2.67. The number of H-pyrrole nitrogens is 1. The molecule has 0 aliphatic carbocycles. The molecule has 0 amide bonds. The molecule has 1 aromatic heterocycles. The zero-order valence-corrected chi connectivity index (χ0v) is 10.5. The van der Waals surface area contributed by atoms with Crippen molar-refractivity contribution in [1.29, 1.82) is 0 Å². The number of aromatic amines is 1. The Morgan fingerprint density at radius 2 is 2.29 bits per heavy atom. The third kappa shape index (κ3) is 1.58. The normalized spacial score (nSPS) is 20.8. The third-order valence-electron chi connectivity index (χ3n) is 3.90. The molecule has 2 heterocycles. The largest absolute Gasteiger partial charge is 0.357 e. The minimum Gasteiger partial charge on any atom is -0.357 e. The van der Waals surface area contributed by atoms with Gasteiger partial charge in [0.2, 0.25) is 0 Å². The maximum absolute atomic E-state index is 5.90. The van der Waals surface area contributed by atoms with Crippen molar-refractivity contribution in [3.05, 3.63) is 35.0 Å². The second-order valence-corrected chi connectivity index (χ2v) is 5.05. The van der Waals surface area contributed by atoms with Crippen LogP contribution in [0.15, 0.2) is 18.2 Å². The van der Waals surface area contributed by atoms with Gasteiger partial charge in [-0.05, 0) is 38.1 Å². The Bertz CT molecular complexity index is 556. The summed E-state index contributed by atoms with van der Waals surface area (Å²) >= 11 is 0. The predicted molar refractivity (Wildman–Crippen MR) is 71.2 cm³/mol. The summed E-state index contributed by atoms with van der Waals surface area (Å²) < 4.78 is 0. The number of likely N-dealkylation sites (N-methyl/N-ethyl adjacent to an activating group) is 1. The summed E-state index contributed by atoms with van der Waals surface area (Å²) in [5.41, 5.74) is 11.3. The molecule has 1 aliphatic rings. The van der Waals surface area contributed by atoms with Gasteiger partial charge in [0, 0.05) is 29.7 Å². The standard InChI is InChI=1S/C14H19N3/c1-9-3-4-12-11(7-9)10-5-6-17(2)13(8-15)14(10)16-12/h3-4,7,13,16H,5-6,8,15H2,1-2H3. The van der Waals surface area contributed by atoms with E-state index >= 15 is 0 Å². The minimum absolute atomic E-state index is 0.339. The van der Waals surface area contributed by atoms with Crippen molar-refractivity contribution < 1.29 is 0 Å². The van der Waals surface area contributed by atoms with Crippen LogP contribution in [0.25, 0.3) is 10.9 Å². The van der Waals surface area contributed by atoms with Crippen LogP contribution in [0.1, 0.15) is 22.9 Å². The Balaban J connectivity index is 2.23. The molecule has 1 atom stereocenters. The molecular formula is C14H19N3. The first-order chi connectivity index (χ1) is 8.20. The number of fused-ring (bicyclic) bond motifs is 3. The molecule has 3 rings (SSSR count). The van der Waals surface area contributed by atoms with Crippen LogP contribution < -0.4 is 5.73 Å². The lowest BCUT2D eigenvalue weighted by molar-refractivity contribution is 0.233. The van der Waals surface area contributed by atoms with Gasteiger partial charge in [-0.1, -0.05) is 11.6 Å². The van der Waals surface area contributed by atoms with Gasteiger partial charge < -0.3 is 10.7 Å². The lowest BCUT2D eigenvalue weighted by Gasteiger charge is -2.31. The SMILES string of the molecule is Cc1ccc2[nH]c3c(c2c1)CCN(C)C3CN. The van der Waals surface area contributed by atoms with Crippen molar-refractivity contribution in [2.24, 2.45) is 5.73 Å². The fourth-order valence-corrected chi connectivity index (χ4v) is 2.90. The van der Waals surface area contributed by atoms with Gasteiger partial charge in [0.25, 0.3) is 0 Å². The molecule has 0 saturated heterocycles. The first-order valence-corrected chi connectivity index (χ1v) is 6.22. The number of aryl methyl sites for hydroxylation is 1. The van der Waals surface area contributed by atoms with Gasteiger partial charge in [-0.25, -0.2) is 0 Å². The molecule has 3 nitrogen and oxygen atoms in total. The van der Waals surface area contributed by atoms with Crippen molar-refractivity contribution in [2.45, 2.75) is 19.4 Å². The molecule has 0 radical (unpaired) electrons. The van der Waals surface area contributed by atoms with Gasteiger partial charge in [-0.2, -0.15) is 0 Å². The van der Waals surface area contributed by atoms with Gasteiger partial charge in [0.15, 0.2) is 0 Å². The molecule has 1 aromatic carbocycles. The lowest BCUT2D eigenvalue weighted by Crippen LogP contribution is -2.36. The highest BCUT2D eigenvalue weighted by molar-refractivity contribution is 5.85. The zero-order valence-electron chi connectivity index (χ0n) is 10.5. The molecule has 17 heavy (non-hydrogen) atoms. The molecule has 90 valence electrons. The van der Waals surface area contributed by atoms with Gasteiger partial charge in [0.05, 0.1) is 6.04 Å². The van der Waals surface area contributed by atoms with E-state index in [2.05, 4.69) is 42.1 Å². The number of benzene rings is 1. The molecule has 3 N–H and O–H groups in total. The fourth-order valence-electron chi connectivity index (χ4n) is 2.90. The molecule has 0 saturated carbocycles. The van der Waals surface area contributed by atoms with Gasteiger partial charge in [-0.3, -0.25) is 4.90 Å². The molecule has 0 bridgehead atoms. The number of nitrogens with one attached hydrogen (secondary N) is 1. The van der Waals surface area contributed by atoms with Crippen LogP contribution in [0.2, 0.25) is 0 Å². The number of nitrogens with zero attached hydrogens (tertiary/aromatic N) is 1. The average molecular weight is 229 g/mol. The van der Waals surface area contributed by atoms with Crippen molar-refractivity contribution in [3.63, 3.8) is 0 Å². The number of nitrogens with two attached hydrogens (primary N) is 1. The van der Waals surface area contributed by atoms with E-state index in [-0.39, 0.29) is 0 Å². The second-order valence-electron chi connectivity index (χ2n) is 5.05. The van der Waals surface area contributed by atoms with E-state index in [9.17, 15) is 0 Å². The quantitative estimate of drug-likeness (QED) is 0.785. The summed E-state index contributed by atoms with van der Waals surface area (Å²) in [6, 6.07) is 6.96. The van der Waals surface area contributed by atoms with Crippen molar-refractivity contribution in [1.82, 2.24) is 9.88 Å². The van der Waals surface area contributed by atoms with E-state index in [1.807, 2.05) is 0 Å². The van der Waals surface area contributed by atoms with Crippen LogP contribution in [-0.2, 0) is 6.42 Å². The summed E-state index contributed by atoms with van der Waals surface area (Å²) in [5, 5.41) is 1.38. The summed E-state index contributed by atoms with van der Waals surface area (Å²) in [4.78, 5) is 5.89. The summed E-state index contributed by atoms with van der Waals surface area (Å²) in [6.45, 7) is 3.92. The number of hydrogen-bond acceptors (Lipinski definition) is 2. The maximum Gasteiger partial charge on any atom is 0.0623 e. The van der Waals surface area contributed by atoms with Gasteiger partial charge in [-0.15, -0.1) is 0 Å². The first kappa shape index (κ1) is 10.8. The minimum atomic E-state index is 0.339. The first-order valence-electron chi connectivity index (χ1n) is 6.22. The monoisotopic (exact) mass is 229 g/mol. The second kappa shape index (κ2) is 3.86. The van der Waals surface area contributed by atoms with E-state index in [4.69, 9.17) is 5.73 Å². The number of aromatic nitrogens is 1. The Kier molecular flexibility index (Phi) is 2.45. The van der Waals surface area contributed by atoms with Crippen LogP contribution in [0.3, 0.4) is 0 Å². The fraction of sp³-hybridized carbons (Fsp3) is 0.429. The van der Waals surface area contributed by atoms with E-state index in [1.165, 1.54) is 27.7 Å². The summed E-state index contributed by atoms with van der Waals surface area (Å²) in [5.74, 6) is 0. The van der Waals surface area contributed by atoms with E-state index in [0.717, 1.165) is 13.0 Å². The predicted octanol–water partition coefficient (Wildman–Crippen LogP) is 1.96. The van der Waals surface area contributed by atoms with Crippen molar-refractivity contribution in [3.8, 4) is 0 Å². The van der Waals surface area contributed by atoms with Gasteiger partial charge >= 0.3 is 0 Å². The smallest absolute Gasteiger partial charge is 0.0623 e. The maximum atomic E-state index is 5.90. The van der Waals surface area contributed by atoms with E-state index < -0.39 is 0 Å². The van der Waals surface area contributed by atoms with Crippen LogP contribution in [-0.4, -0.2) is 30.0 Å². The molecule has 2 aromatic rings. The van der Waals surface area contributed by atoms with E-state index in [0.29, 0.717) is 12.6 Å². The Hall–Kier alpha value is -1.32. The number of hydrogen-bond donors (Lipinski definition) is 2. The van der Waals surface area contributed by atoms with Crippen molar-refractivity contribution >= 4 is 10.9 Å². The molecule has 0 fully saturated rings. The van der Waals surface area contributed by atoms with Crippen LogP contribution >= 0.6 is 0 Å². The Morgan fingerprint density at radius 1 is 1.47 bits per heavy atom. The number of rotatable bonds is 1. The Labute approximate surface area is 102 Å². The van der Waals surface area contributed by atoms with Gasteiger partial charge in [0.1, 0.15) is 0 Å². The lowest BCUT2D eigenvalue weighted by atomic mass is 9.97. The van der Waals surface area contributed by atoms with Crippen LogP contribution in [0, 0.1) is 6.92 Å². The Morgan fingerprint density at radius 3 is 3.06 bits per heavy atom. The summed E-state index contributed by atoms with van der Waals surface area (Å²) in [6.07, 6.45) is 1.12. The highest BCUT2D eigenvalue weighted by Crippen LogP contribution is 2.33. The van der Waals surface area contributed by atoms with Crippen LogP contribution in [0.5, 0.6) is 0 Å². The highest BCUT2D eigenvalue weighted by atomic mass is 15.2. The van der Waals surface area contributed by atoms with Crippen LogP contribution in [0.4, 0.5) is 0 Å². The molecular weight excluding hydrogens is 210 g/mol.